The fourth-order valence-corrected chi connectivity index (χ4v) is 2.14. The van der Waals surface area contributed by atoms with E-state index in [1.807, 2.05) is 13.8 Å². The fraction of sp³-hybridized carbons (Fsp3) is 0.429. The first-order valence-electron chi connectivity index (χ1n) is 6.09. The molecule has 0 aliphatic carbocycles. The summed E-state index contributed by atoms with van der Waals surface area (Å²) < 4.78 is 0. The van der Waals surface area contributed by atoms with Crippen molar-refractivity contribution < 1.29 is 9.59 Å². The molecule has 1 saturated heterocycles. The summed E-state index contributed by atoms with van der Waals surface area (Å²) in [6.07, 6.45) is 0.264. The number of hydrogen-bond donors (Lipinski definition) is 1. The Bertz CT molecular complexity index is 497. The molecule has 0 spiro atoms. The number of benzene rings is 1. The van der Waals surface area contributed by atoms with Gasteiger partial charge in [-0.2, -0.15) is 0 Å². The fourth-order valence-electron chi connectivity index (χ4n) is 2.14. The zero-order chi connectivity index (χ0) is 13.3. The summed E-state index contributed by atoms with van der Waals surface area (Å²) >= 11 is 0. The van der Waals surface area contributed by atoms with Crippen molar-refractivity contribution in [1.29, 1.82) is 0 Å². The zero-order valence-electron chi connectivity index (χ0n) is 11.0. The Labute approximate surface area is 107 Å². The minimum Gasteiger partial charge on any atom is -0.301 e. The van der Waals surface area contributed by atoms with E-state index >= 15 is 0 Å². The van der Waals surface area contributed by atoms with Crippen molar-refractivity contribution >= 4 is 11.8 Å². The predicted octanol–water partition coefficient (Wildman–Crippen LogP) is 1.15. The maximum atomic E-state index is 11.7. The van der Waals surface area contributed by atoms with E-state index in [1.165, 1.54) is 28.6 Å². The number of imide groups is 1. The van der Waals surface area contributed by atoms with E-state index in [-0.39, 0.29) is 24.3 Å². The molecule has 2 amide bonds. The average molecular weight is 246 g/mol. The van der Waals surface area contributed by atoms with E-state index in [0.29, 0.717) is 6.54 Å². The maximum Gasteiger partial charge on any atom is 0.246 e. The lowest BCUT2D eigenvalue weighted by atomic mass is 10.1. The molecule has 2 rings (SSSR count). The van der Waals surface area contributed by atoms with Gasteiger partial charge < -0.3 is 5.32 Å². The molecule has 1 aromatic carbocycles. The van der Waals surface area contributed by atoms with E-state index in [1.54, 1.807) is 0 Å². The first kappa shape index (κ1) is 12.8. The Morgan fingerprint density at radius 2 is 2.06 bits per heavy atom. The van der Waals surface area contributed by atoms with E-state index in [9.17, 15) is 9.59 Å². The minimum absolute atomic E-state index is 0.113. The number of amides is 2. The summed E-state index contributed by atoms with van der Waals surface area (Å²) in [4.78, 5) is 24.3. The van der Waals surface area contributed by atoms with Crippen LogP contribution in [0.3, 0.4) is 0 Å². The predicted molar refractivity (Wildman–Crippen MR) is 68.9 cm³/mol. The molecular formula is C14H18N2O2. The van der Waals surface area contributed by atoms with Crippen molar-refractivity contribution in [3.05, 3.63) is 34.9 Å². The molecule has 0 saturated carbocycles. The summed E-state index contributed by atoms with van der Waals surface area (Å²) in [5, 5.41) is 3.16. The first-order chi connectivity index (χ1) is 8.49. The Balaban J connectivity index is 2.02. The normalized spacial score (nSPS) is 19.7. The highest BCUT2D eigenvalue weighted by molar-refractivity contribution is 6.05. The van der Waals surface area contributed by atoms with E-state index in [0.717, 1.165) is 0 Å². The molecule has 1 heterocycles. The number of carbonyl (C=O) groups excluding carboxylic acids is 2. The van der Waals surface area contributed by atoms with Crippen LogP contribution in [-0.4, -0.2) is 29.8 Å². The highest BCUT2D eigenvalue weighted by Gasteiger charge is 2.35. The Hall–Kier alpha value is -1.68. The minimum atomic E-state index is -0.373. The van der Waals surface area contributed by atoms with Gasteiger partial charge in [-0.1, -0.05) is 23.8 Å². The largest absolute Gasteiger partial charge is 0.301 e. The number of aryl methyl sites for hydroxylation is 2. The van der Waals surface area contributed by atoms with E-state index < -0.39 is 0 Å². The molecule has 1 unspecified atom stereocenters. The second-order valence-corrected chi connectivity index (χ2v) is 4.86. The van der Waals surface area contributed by atoms with Crippen molar-refractivity contribution in [2.45, 2.75) is 32.9 Å². The van der Waals surface area contributed by atoms with Crippen LogP contribution < -0.4 is 5.32 Å². The molecule has 0 bridgehead atoms. The Morgan fingerprint density at radius 1 is 1.33 bits per heavy atom. The smallest absolute Gasteiger partial charge is 0.246 e. The van der Waals surface area contributed by atoms with Crippen LogP contribution in [-0.2, 0) is 16.1 Å². The van der Waals surface area contributed by atoms with Gasteiger partial charge in [-0.3, -0.25) is 14.5 Å². The van der Waals surface area contributed by atoms with Gasteiger partial charge in [-0.15, -0.1) is 0 Å². The molecular weight excluding hydrogens is 228 g/mol. The lowest BCUT2D eigenvalue weighted by Crippen LogP contribution is -2.36. The van der Waals surface area contributed by atoms with Gasteiger partial charge in [0.2, 0.25) is 11.8 Å². The molecule has 1 fully saturated rings. The van der Waals surface area contributed by atoms with Gasteiger partial charge in [0.1, 0.15) is 0 Å². The average Bonchev–Trinajstić information content (AvgIpc) is 2.58. The van der Waals surface area contributed by atoms with Gasteiger partial charge >= 0.3 is 0 Å². The standard InChI is InChI=1S/C14H18N2O2/c1-9-4-5-10(2)11(6-9)8-15-12-7-13(17)16(3)14(12)18/h4-6,12,15H,7-8H2,1-3H3. The maximum absolute atomic E-state index is 11.7. The summed E-state index contributed by atoms with van der Waals surface area (Å²) in [5.41, 5.74) is 3.56. The van der Waals surface area contributed by atoms with E-state index in [2.05, 4.69) is 23.5 Å². The van der Waals surface area contributed by atoms with Gasteiger partial charge in [-0.25, -0.2) is 0 Å². The van der Waals surface area contributed by atoms with Crippen molar-refractivity contribution in [3.8, 4) is 0 Å². The first-order valence-corrected chi connectivity index (χ1v) is 6.09. The molecule has 96 valence electrons. The summed E-state index contributed by atoms with van der Waals surface area (Å²) in [7, 11) is 1.53. The highest BCUT2D eigenvalue weighted by Crippen LogP contribution is 2.14. The van der Waals surface area contributed by atoms with Crippen LogP contribution in [0.4, 0.5) is 0 Å². The molecule has 1 aliphatic rings. The lowest BCUT2D eigenvalue weighted by Gasteiger charge is -2.13. The van der Waals surface area contributed by atoms with Gasteiger partial charge in [0.15, 0.2) is 0 Å². The Morgan fingerprint density at radius 3 is 2.67 bits per heavy atom. The van der Waals surface area contributed by atoms with Crippen LogP contribution in [0.25, 0.3) is 0 Å². The molecule has 1 aliphatic heterocycles. The highest BCUT2D eigenvalue weighted by atomic mass is 16.2. The van der Waals surface area contributed by atoms with Crippen LogP contribution >= 0.6 is 0 Å². The number of rotatable bonds is 3. The number of likely N-dealkylation sites (N-methyl/N-ethyl adjacent to an activating group) is 1. The summed E-state index contributed by atoms with van der Waals surface area (Å²) in [6, 6.07) is 5.87. The second kappa shape index (κ2) is 4.90. The van der Waals surface area contributed by atoms with Crippen LogP contribution in [0.15, 0.2) is 18.2 Å². The SMILES string of the molecule is Cc1ccc(C)c(CNC2CC(=O)N(C)C2=O)c1. The quantitative estimate of drug-likeness (QED) is 0.814. The lowest BCUT2D eigenvalue weighted by molar-refractivity contribution is -0.137. The van der Waals surface area contributed by atoms with Crippen molar-refractivity contribution in [2.24, 2.45) is 0 Å². The summed E-state index contributed by atoms with van der Waals surface area (Å²) in [5.74, 6) is -0.247. The molecule has 1 atom stereocenters. The zero-order valence-corrected chi connectivity index (χ0v) is 11.0. The molecule has 0 radical (unpaired) electrons. The van der Waals surface area contributed by atoms with Crippen LogP contribution in [0.5, 0.6) is 0 Å². The van der Waals surface area contributed by atoms with Gasteiger partial charge in [0, 0.05) is 13.6 Å². The monoisotopic (exact) mass is 246 g/mol. The van der Waals surface area contributed by atoms with Gasteiger partial charge in [-0.05, 0) is 25.0 Å². The van der Waals surface area contributed by atoms with Gasteiger partial charge in [0.25, 0.3) is 0 Å². The van der Waals surface area contributed by atoms with Crippen LogP contribution in [0, 0.1) is 13.8 Å². The molecule has 18 heavy (non-hydrogen) atoms. The van der Waals surface area contributed by atoms with Crippen molar-refractivity contribution in [3.63, 3.8) is 0 Å². The number of nitrogens with zero attached hydrogens (tertiary/aromatic N) is 1. The van der Waals surface area contributed by atoms with Gasteiger partial charge in [0.05, 0.1) is 12.5 Å². The molecule has 0 aromatic heterocycles. The van der Waals surface area contributed by atoms with Crippen LogP contribution in [0.2, 0.25) is 0 Å². The third-order valence-corrected chi connectivity index (χ3v) is 3.43. The Kier molecular flexibility index (Phi) is 3.48. The third kappa shape index (κ3) is 2.43. The second-order valence-electron chi connectivity index (χ2n) is 4.86. The molecule has 4 nitrogen and oxygen atoms in total. The number of nitrogens with one attached hydrogen (secondary N) is 1. The molecule has 1 aromatic rings. The molecule has 4 heteroatoms. The third-order valence-electron chi connectivity index (χ3n) is 3.43. The molecule has 1 N–H and O–H groups in total. The summed E-state index contributed by atoms with van der Waals surface area (Å²) in [6.45, 7) is 4.70. The number of carbonyl (C=O) groups is 2. The van der Waals surface area contributed by atoms with Crippen molar-refractivity contribution in [1.82, 2.24) is 10.2 Å². The van der Waals surface area contributed by atoms with Crippen LogP contribution in [0.1, 0.15) is 23.1 Å². The number of likely N-dealkylation sites (tertiary alicyclic amines) is 1. The topological polar surface area (TPSA) is 49.4 Å². The van der Waals surface area contributed by atoms with E-state index in [4.69, 9.17) is 0 Å². The van der Waals surface area contributed by atoms with Crippen molar-refractivity contribution in [2.75, 3.05) is 7.05 Å². The number of hydrogen-bond acceptors (Lipinski definition) is 3.